The molecule has 0 aromatic heterocycles. The van der Waals surface area contributed by atoms with E-state index in [9.17, 15) is 14.4 Å². The lowest BCUT2D eigenvalue weighted by Crippen LogP contribution is -3.15. The van der Waals surface area contributed by atoms with Crippen molar-refractivity contribution in [2.45, 2.75) is 32.1 Å². The Balaban J connectivity index is 1.68. The molecule has 1 aliphatic carbocycles. The second kappa shape index (κ2) is 9.19. The third-order valence-corrected chi connectivity index (χ3v) is 6.02. The zero-order valence-corrected chi connectivity index (χ0v) is 16.6. The van der Waals surface area contributed by atoms with Gasteiger partial charge in [-0.05, 0) is 43.4 Å². The monoisotopic (exact) mass is 389 g/mol. The number of quaternary nitrogens is 1. The minimum atomic E-state index is -0.568. The molecule has 0 radical (unpaired) electrons. The lowest BCUT2D eigenvalue weighted by atomic mass is 9.75. The van der Waals surface area contributed by atoms with Crippen LogP contribution in [0.5, 0.6) is 0 Å². The van der Waals surface area contributed by atoms with Crippen LogP contribution in [0.3, 0.4) is 0 Å². The topological polar surface area (TPSA) is 86.1 Å². The number of esters is 2. The number of anilines is 1. The maximum Gasteiger partial charge on any atom is 0.339 e. The third-order valence-electron chi connectivity index (χ3n) is 6.02. The molecule has 1 aliphatic heterocycles. The summed E-state index contributed by atoms with van der Waals surface area (Å²) in [5.74, 6) is 0.275. The van der Waals surface area contributed by atoms with Crippen LogP contribution < -0.4 is 10.2 Å². The van der Waals surface area contributed by atoms with E-state index in [0.717, 1.165) is 24.9 Å². The molecule has 2 fully saturated rings. The quantitative estimate of drug-likeness (QED) is 0.742. The Labute approximate surface area is 165 Å². The fourth-order valence-electron chi connectivity index (χ4n) is 4.56. The predicted molar refractivity (Wildman–Crippen MR) is 103 cm³/mol. The molecule has 1 saturated carbocycles. The van der Waals surface area contributed by atoms with E-state index < -0.39 is 11.9 Å². The Kier molecular flexibility index (Phi) is 6.67. The summed E-state index contributed by atoms with van der Waals surface area (Å²) in [5, 5.41) is 2.80. The highest BCUT2D eigenvalue weighted by Gasteiger charge is 2.34. The van der Waals surface area contributed by atoms with E-state index in [1.54, 1.807) is 0 Å². The average molecular weight is 389 g/mol. The molecule has 1 aromatic rings. The van der Waals surface area contributed by atoms with Crippen molar-refractivity contribution in [3.05, 3.63) is 29.3 Å². The van der Waals surface area contributed by atoms with Gasteiger partial charge in [-0.3, -0.25) is 4.79 Å². The van der Waals surface area contributed by atoms with Crippen LogP contribution in [0.4, 0.5) is 5.69 Å². The molecule has 1 saturated heterocycles. The third kappa shape index (κ3) is 4.70. The molecule has 1 aromatic carbocycles. The normalized spacial score (nSPS) is 24.0. The SMILES string of the molecule is COC(=O)c1ccc(C(=O)OC)c(NC(=O)C[NH+]2CC[C@@H]3CCCC[C@@H]3C2)c1. The lowest BCUT2D eigenvalue weighted by Gasteiger charge is -2.38. The van der Waals surface area contributed by atoms with Gasteiger partial charge >= 0.3 is 11.9 Å². The fourth-order valence-corrected chi connectivity index (χ4v) is 4.56. The molecule has 7 heteroatoms. The van der Waals surface area contributed by atoms with Gasteiger partial charge in [0.25, 0.3) is 5.91 Å². The first-order chi connectivity index (χ1) is 13.5. The molecule has 152 valence electrons. The van der Waals surface area contributed by atoms with E-state index in [-0.39, 0.29) is 22.7 Å². The minimum absolute atomic E-state index is 0.170. The number of carbonyl (C=O) groups excluding carboxylic acids is 3. The summed E-state index contributed by atoms with van der Waals surface area (Å²) in [5.41, 5.74) is 0.747. The van der Waals surface area contributed by atoms with Crippen molar-refractivity contribution in [2.24, 2.45) is 11.8 Å². The molecule has 1 unspecified atom stereocenters. The molecule has 3 atom stereocenters. The van der Waals surface area contributed by atoms with Crippen LogP contribution in [0, 0.1) is 11.8 Å². The van der Waals surface area contributed by atoms with Gasteiger partial charge in [0.05, 0.1) is 44.1 Å². The summed E-state index contributed by atoms with van der Waals surface area (Å²) >= 11 is 0. The van der Waals surface area contributed by atoms with Gasteiger partial charge in [0, 0.05) is 5.92 Å². The Morgan fingerprint density at radius 3 is 2.46 bits per heavy atom. The first-order valence-corrected chi connectivity index (χ1v) is 9.96. The summed E-state index contributed by atoms with van der Waals surface area (Å²) in [7, 11) is 2.56. The van der Waals surface area contributed by atoms with E-state index >= 15 is 0 Å². The number of piperidine rings is 1. The number of hydrogen-bond acceptors (Lipinski definition) is 5. The predicted octanol–water partition coefficient (Wildman–Crippen LogP) is 1.29. The maximum atomic E-state index is 12.7. The van der Waals surface area contributed by atoms with Gasteiger partial charge in [0.15, 0.2) is 6.54 Å². The van der Waals surface area contributed by atoms with Crippen LogP contribution in [0.1, 0.15) is 52.8 Å². The van der Waals surface area contributed by atoms with Crippen molar-refractivity contribution in [1.82, 2.24) is 0 Å². The highest BCUT2D eigenvalue weighted by atomic mass is 16.5. The van der Waals surface area contributed by atoms with Crippen LogP contribution in [-0.4, -0.2) is 51.7 Å². The van der Waals surface area contributed by atoms with Crippen LogP contribution >= 0.6 is 0 Å². The molecule has 1 heterocycles. The number of nitrogens with one attached hydrogen (secondary N) is 2. The van der Waals surface area contributed by atoms with Crippen molar-refractivity contribution in [3.63, 3.8) is 0 Å². The van der Waals surface area contributed by atoms with Crippen LogP contribution in [0.2, 0.25) is 0 Å². The maximum absolute atomic E-state index is 12.7. The molecule has 1 amide bonds. The second-order valence-corrected chi connectivity index (χ2v) is 7.77. The molecule has 0 spiro atoms. The van der Waals surface area contributed by atoms with Crippen LogP contribution in [0.25, 0.3) is 0 Å². The summed E-state index contributed by atoms with van der Waals surface area (Å²) in [6, 6.07) is 4.40. The highest BCUT2D eigenvalue weighted by Crippen LogP contribution is 2.32. The van der Waals surface area contributed by atoms with Crippen molar-refractivity contribution in [3.8, 4) is 0 Å². The number of rotatable bonds is 5. The highest BCUT2D eigenvalue weighted by molar-refractivity contribution is 6.03. The molecular weight excluding hydrogens is 360 g/mol. The summed E-state index contributed by atoms with van der Waals surface area (Å²) in [6.45, 7) is 2.39. The number of ether oxygens (including phenoxy) is 2. The van der Waals surface area contributed by atoms with Gasteiger partial charge in [0.1, 0.15) is 0 Å². The number of amides is 1. The van der Waals surface area contributed by atoms with Gasteiger partial charge in [-0.25, -0.2) is 9.59 Å². The van der Waals surface area contributed by atoms with Gasteiger partial charge in [0.2, 0.25) is 0 Å². The standard InChI is InChI=1S/C21H28N2O5/c1-27-20(25)15-7-8-17(21(26)28-2)18(11-15)22-19(24)13-23-10-9-14-5-3-4-6-16(14)12-23/h7-8,11,14,16H,3-6,9-10,12-13H2,1-2H3,(H,22,24)/p+1/t14-,16+/m0/s1. The summed E-state index contributed by atoms with van der Waals surface area (Å²) in [4.78, 5) is 37.8. The first-order valence-electron chi connectivity index (χ1n) is 9.96. The molecule has 0 bridgehead atoms. The zero-order valence-electron chi connectivity index (χ0n) is 16.6. The average Bonchev–Trinajstić information content (AvgIpc) is 2.72. The lowest BCUT2D eigenvalue weighted by molar-refractivity contribution is -0.902. The second-order valence-electron chi connectivity index (χ2n) is 7.77. The molecule has 2 aliphatic rings. The van der Waals surface area contributed by atoms with Gasteiger partial charge < -0.3 is 19.7 Å². The van der Waals surface area contributed by atoms with Gasteiger partial charge in [-0.1, -0.05) is 12.8 Å². The van der Waals surface area contributed by atoms with E-state index in [1.807, 2.05) is 0 Å². The summed E-state index contributed by atoms with van der Waals surface area (Å²) in [6.07, 6.45) is 6.40. The van der Waals surface area contributed by atoms with Crippen molar-refractivity contribution >= 4 is 23.5 Å². The Morgan fingerprint density at radius 1 is 1.04 bits per heavy atom. The van der Waals surface area contributed by atoms with Crippen molar-refractivity contribution < 1.29 is 28.8 Å². The number of likely N-dealkylation sites (tertiary alicyclic amines) is 1. The van der Waals surface area contributed by atoms with E-state index in [0.29, 0.717) is 6.54 Å². The number of hydrogen-bond donors (Lipinski definition) is 2. The number of methoxy groups -OCH3 is 2. The van der Waals surface area contributed by atoms with Crippen LogP contribution in [-0.2, 0) is 14.3 Å². The Hall–Kier alpha value is -2.41. The number of carbonyl (C=O) groups is 3. The van der Waals surface area contributed by atoms with Crippen molar-refractivity contribution in [1.29, 1.82) is 0 Å². The largest absolute Gasteiger partial charge is 0.465 e. The van der Waals surface area contributed by atoms with Crippen LogP contribution in [0.15, 0.2) is 18.2 Å². The Morgan fingerprint density at radius 2 is 1.75 bits per heavy atom. The fraction of sp³-hybridized carbons (Fsp3) is 0.571. The van der Waals surface area contributed by atoms with Crippen molar-refractivity contribution in [2.75, 3.05) is 39.2 Å². The van der Waals surface area contributed by atoms with E-state index in [4.69, 9.17) is 9.47 Å². The molecule has 28 heavy (non-hydrogen) atoms. The minimum Gasteiger partial charge on any atom is -0.465 e. The molecule has 7 nitrogen and oxygen atoms in total. The number of benzene rings is 1. The molecular formula is C21H29N2O5+. The zero-order chi connectivity index (χ0) is 20.1. The van der Waals surface area contributed by atoms with E-state index in [1.165, 1.54) is 69.4 Å². The number of fused-ring (bicyclic) bond motifs is 1. The summed E-state index contributed by atoms with van der Waals surface area (Å²) < 4.78 is 9.51. The smallest absolute Gasteiger partial charge is 0.339 e. The molecule has 3 rings (SSSR count). The molecule has 2 N–H and O–H groups in total. The Bertz CT molecular complexity index is 748. The van der Waals surface area contributed by atoms with Gasteiger partial charge in [-0.2, -0.15) is 0 Å². The van der Waals surface area contributed by atoms with E-state index in [2.05, 4.69) is 5.32 Å². The van der Waals surface area contributed by atoms with Gasteiger partial charge in [-0.15, -0.1) is 0 Å². The first kappa shape index (κ1) is 20.3.